The van der Waals surface area contributed by atoms with Crippen LogP contribution in [-0.2, 0) is 6.54 Å². The third kappa shape index (κ3) is 2.91. The van der Waals surface area contributed by atoms with E-state index in [1.54, 1.807) is 29.2 Å². The van der Waals surface area contributed by atoms with Crippen molar-refractivity contribution in [1.29, 1.82) is 5.41 Å². The number of halogens is 1. The van der Waals surface area contributed by atoms with Gasteiger partial charge in [-0.1, -0.05) is 36.4 Å². The number of nitrogens with zero attached hydrogens (tertiary/aromatic N) is 1. The number of rotatable bonds is 4. The highest BCUT2D eigenvalue weighted by molar-refractivity contribution is 5.96. The molecule has 0 heterocycles. The van der Waals surface area contributed by atoms with Crippen LogP contribution in [0.25, 0.3) is 0 Å². The first-order chi connectivity index (χ1) is 9.09. The van der Waals surface area contributed by atoms with Crippen molar-refractivity contribution >= 4 is 11.5 Å². The lowest BCUT2D eigenvalue weighted by molar-refractivity contribution is 0.622. The molecular formula is C15H16FN3. The smallest absolute Gasteiger partial charge is 0.146 e. The van der Waals surface area contributed by atoms with Crippen molar-refractivity contribution < 1.29 is 4.39 Å². The highest BCUT2D eigenvalue weighted by Gasteiger charge is 2.10. The molecule has 0 atom stereocenters. The van der Waals surface area contributed by atoms with E-state index in [0.29, 0.717) is 17.8 Å². The van der Waals surface area contributed by atoms with Crippen LogP contribution in [0.5, 0.6) is 0 Å². The summed E-state index contributed by atoms with van der Waals surface area (Å²) in [5, 5.41) is 7.55. The minimum atomic E-state index is -0.259. The van der Waals surface area contributed by atoms with E-state index in [9.17, 15) is 4.39 Å². The molecule has 2 aromatic carbocycles. The van der Waals surface area contributed by atoms with Crippen LogP contribution in [0.1, 0.15) is 11.1 Å². The summed E-state index contributed by atoms with van der Waals surface area (Å²) in [5.41, 5.74) is 7.67. The second-order valence-electron chi connectivity index (χ2n) is 4.38. The van der Waals surface area contributed by atoms with Crippen molar-refractivity contribution in [1.82, 2.24) is 0 Å². The largest absolute Gasteiger partial charge is 0.384 e. The lowest BCUT2D eigenvalue weighted by Gasteiger charge is -2.21. The van der Waals surface area contributed by atoms with E-state index in [4.69, 9.17) is 11.1 Å². The monoisotopic (exact) mass is 257 g/mol. The van der Waals surface area contributed by atoms with Crippen molar-refractivity contribution in [2.75, 3.05) is 11.9 Å². The van der Waals surface area contributed by atoms with Crippen molar-refractivity contribution in [3.63, 3.8) is 0 Å². The summed E-state index contributed by atoms with van der Waals surface area (Å²) < 4.78 is 13.7. The van der Waals surface area contributed by atoms with Crippen LogP contribution >= 0.6 is 0 Å². The lowest BCUT2D eigenvalue weighted by Crippen LogP contribution is -2.21. The number of anilines is 1. The van der Waals surface area contributed by atoms with Gasteiger partial charge in [0, 0.05) is 19.2 Å². The zero-order chi connectivity index (χ0) is 13.8. The summed E-state index contributed by atoms with van der Waals surface area (Å²) in [5.74, 6) is -0.233. The standard InChI is InChI=1S/C15H16FN3/c1-19(14-9-5-4-8-13(14)16)10-11-6-2-3-7-12(11)15(17)18/h2-9H,10H2,1H3,(H3,17,18). The number of benzene rings is 2. The molecule has 3 nitrogen and oxygen atoms in total. The summed E-state index contributed by atoms with van der Waals surface area (Å²) in [6.45, 7) is 0.497. The van der Waals surface area contributed by atoms with Crippen molar-refractivity contribution in [2.24, 2.45) is 5.73 Å². The van der Waals surface area contributed by atoms with E-state index in [-0.39, 0.29) is 11.7 Å². The summed E-state index contributed by atoms with van der Waals surface area (Å²) in [6.07, 6.45) is 0. The molecule has 0 aliphatic rings. The van der Waals surface area contributed by atoms with Gasteiger partial charge in [-0.25, -0.2) is 4.39 Å². The molecule has 0 aliphatic carbocycles. The maximum Gasteiger partial charge on any atom is 0.146 e. The van der Waals surface area contributed by atoms with Crippen molar-refractivity contribution in [2.45, 2.75) is 6.54 Å². The van der Waals surface area contributed by atoms with E-state index in [2.05, 4.69) is 0 Å². The molecule has 0 spiro atoms. The minimum absolute atomic E-state index is 0.0255. The van der Waals surface area contributed by atoms with Crippen LogP contribution in [-0.4, -0.2) is 12.9 Å². The Hall–Kier alpha value is -2.36. The summed E-state index contributed by atoms with van der Waals surface area (Å²) in [7, 11) is 1.81. The molecule has 0 aliphatic heterocycles. The molecule has 19 heavy (non-hydrogen) atoms. The van der Waals surface area contributed by atoms with Gasteiger partial charge in [-0.15, -0.1) is 0 Å². The molecule has 0 radical (unpaired) electrons. The molecular weight excluding hydrogens is 241 g/mol. The van der Waals surface area contributed by atoms with E-state index in [1.807, 2.05) is 25.2 Å². The Morgan fingerprint density at radius 2 is 1.79 bits per heavy atom. The Balaban J connectivity index is 2.27. The van der Waals surface area contributed by atoms with Crippen LogP contribution < -0.4 is 10.6 Å². The van der Waals surface area contributed by atoms with Crippen LogP contribution in [0.4, 0.5) is 10.1 Å². The van der Waals surface area contributed by atoms with Gasteiger partial charge in [0.05, 0.1) is 5.69 Å². The topological polar surface area (TPSA) is 53.1 Å². The Morgan fingerprint density at radius 3 is 2.47 bits per heavy atom. The van der Waals surface area contributed by atoms with Crippen LogP contribution in [0, 0.1) is 11.2 Å². The summed E-state index contributed by atoms with van der Waals surface area (Å²) in [6, 6.07) is 14.0. The highest BCUT2D eigenvalue weighted by Crippen LogP contribution is 2.20. The molecule has 0 saturated heterocycles. The van der Waals surface area contributed by atoms with Crippen molar-refractivity contribution in [3.8, 4) is 0 Å². The van der Waals surface area contributed by atoms with Gasteiger partial charge in [0.25, 0.3) is 0 Å². The number of para-hydroxylation sites is 1. The fourth-order valence-corrected chi connectivity index (χ4v) is 2.02. The third-order valence-corrected chi connectivity index (χ3v) is 2.98. The number of amidine groups is 1. The zero-order valence-electron chi connectivity index (χ0n) is 10.7. The SMILES string of the molecule is CN(Cc1ccccc1C(=N)N)c1ccccc1F. The molecule has 4 heteroatoms. The van der Waals surface area contributed by atoms with Crippen molar-refractivity contribution in [3.05, 3.63) is 65.5 Å². The van der Waals surface area contributed by atoms with E-state index in [1.165, 1.54) is 6.07 Å². The molecule has 0 fully saturated rings. The first-order valence-corrected chi connectivity index (χ1v) is 5.97. The highest BCUT2D eigenvalue weighted by atomic mass is 19.1. The van der Waals surface area contributed by atoms with E-state index < -0.39 is 0 Å². The van der Waals surface area contributed by atoms with E-state index >= 15 is 0 Å². The zero-order valence-corrected chi connectivity index (χ0v) is 10.7. The number of hydrogen-bond acceptors (Lipinski definition) is 2. The minimum Gasteiger partial charge on any atom is -0.384 e. The van der Waals surface area contributed by atoms with E-state index in [0.717, 1.165) is 5.56 Å². The normalized spacial score (nSPS) is 10.2. The number of nitrogen functional groups attached to an aromatic ring is 1. The van der Waals surface area contributed by atoms with Crippen LogP contribution in [0.2, 0.25) is 0 Å². The third-order valence-electron chi connectivity index (χ3n) is 2.98. The maximum atomic E-state index is 13.7. The van der Waals surface area contributed by atoms with Gasteiger partial charge in [-0.3, -0.25) is 5.41 Å². The van der Waals surface area contributed by atoms with Gasteiger partial charge in [0.1, 0.15) is 11.7 Å². The Kier molecular flexibility index (Phi) is 3.80. The maximum absolute atomic E-state index is 13.7. The quantitative estimate of drug-likeness (QED) is 0.653. The van der Waals surface area contributed by atoms with Crippen LogP contribution in [0.15, 0.2) is 48.5 Å². The fraction of sp³-hybridized carbons (Fsp3) is 0.133. The number of nitrogens with one attached hydrogen (secondary N) is 1. The Bertz CT molecular complexity index is 595. The first-order valence-electron chi connectivity index (χ1n) is 5.97. The van der Waals surface area contributed by atoms with Gasteiger partial charge >= 0.3 is 0 Å². The van der Waals surface area contributed by atoms with Gasteiger partial charge < -0.3 is 10.6 Å². The second-order valence-corrected chi connectivity index (χ2v) is 4.38. The number of nitrogens with two attached hydrogens (primary N) is 1. The predicted molar refractivity (Wildman–Crippen MR) is 76.0 cm³/mol. The second kappa shape index (κ2) is 5.52. The predicted octanol–water partition coefficient (Wildman–Crippen LogP) is 2.75. The average molecular weight is 257 g/mol. The molecule has 2 rings (SSSR count). The Labute approximate surface area is 112 Å². The molecule has 98 valence electrons. The lowest BCUT2D eigenvalue weighted by atomic mass is 10.1. The molecule has 0 saturated carbocycles. The van der Waals surface area contributed by atoms with Gasteiger partial charge in [0.2, 0.25) is 0 Å². The number of hydrogen-bond donors (Lipinski definition) is 2. The average Bonchev–Trinajstić information content (AvgIpc) is 2.39. The van der Waals surface area contributed by atoms with Gasteiger partial charge in [-0.2, -0.15) is 0 Å². The summed E-state index contributed by atoms with van der Waals surface area (Å²) >= 11 is 0. The van der Waals surface area contributed by atoms with Crippen LogP contribution in [0.3, 0.4) is 0 Å². The Morgan fingerprint density at radius 1 is 1.16 bits per heavy atom. The van der Waals surface area contributed by atoms with Gasteiger partial charge in [0.15, 0.2) is 0 Å². The molecule has 0 unspecified atom stereocenters. The molecule has 0 bridgehead atoms. The fourth-order valence-electron chi connectivity index (χ4n) is 2.02. The molecule has 3 N–H and O–H groups in total. The first kappa shape index (κ1) is 13.1. The molecule has 0 aromatic heterocycles. The molecule has 0 amide bonds. The summed E-state index contributed by atoms with van der Waals surface area (Å²) in [4.78, 5) is 1.80. The molecule has 2 aromatic rings. The van der Waals surface area contributed by atoms with Gasteiger partial charge in [-0.05, 0) is 17.7 Å².